The SMILES string of the molecule is COc1cccc(S[C@@H](C)C(=O)NN=C(c2ccccc2)c2ccccc2)c1. The van der Waals surface area contributed by atoms with E-state index in [2.05, 4.69) is 10.5 Å². The molecule has 0 radical (unpaired) electrons. The van der Waals surface area contributed by atoms with E-state index in [9.17, 15) is 4.79 Å². The van der Waals surface area contributed by atoms with Crippen LogP contribution < -0.4 is 10.2 Å². The summed E-state index contributed by atoms with van der Waals surface area (Å²) in [7, 11) is 1.63. The second-order valence-corrected chi connectivity index (χ2v) is 7.52. The Labute approximate surface area is 169 Å². The topological polar surface area (TPSA) is 50.7 Å². The van der Waals surface area contributed by atoms with E-state index in [1.54, 1.807) is 7.11 Å². The molecule has 0 fully saturated rings. The average Bonchev–Trinajstić information content (AvgIpc) is 2.75. The zero-order chi connectivity index (χ0) is 19.8. The molecule has 0 unspecified atom stereocenters. The van der Waals surface area contributed by atoms with Crippen molar-refractivity contribution >= 4 is 23.4 Å². The molecule has 0 heterocycles. The number of hydrogen-bond acceptors (Lipinski definition) is 4. The monoisotopic (exact) mass is 390 g/mol. The first-order valence-corrected chi connectivity index (χ1v) is 9.84. The van der Waals surface area contributed by atoms with Gasteiger partial charge in [0.15, 0.2) is 0 Å². The average molecular weight is 391 g/mol. The van der Waals surface area contributed by atoms with Crippen molar-refractivity contribution < 1.29 is 9.53 Å². The maximum atomic E-state index is 12.6. The molecule has 3 rings (SSSR count). The molecule has 0 aliphatic heterocycles. The lowest BCUT2D eigenvalue weighted by Crippen LogP contribution is -2.28. The van der Waals surface area contributed by atoms with Crippen LogP contribution in [0.5, 0.6) is 5.75 Å². The van der Waals surface area contributed by atoms with Crippen molar-refractivity contribution in [3.05, 3.63) is 96.1 Å². The van der Waals surface area contributed by atoms with Gasteiger partial charge in [-0.25, -0.2) is 5.43 Å². The number of carbonyl (C=O) groups excluding carboxylic acids is 1. The fourth-order valence-electron chi connectivity index (χ4n) is 2.62. The van der Waals surface area contributed by atoms with Gasteiger partial charge in [0.05, 0.1) is 18.1 Å². The summed E-state index contributed by atoms with van der Waals surface area (Å²) in [5.41, 5.74) is 5.35. The lowest BCUT2D eigenvalue weighted by molar-refractivity contribution is -0.120. The highest BCUT2D eigenvalue weighted by Gasteiger charge is 2.15. The fourth-order valence-corrected chi connectivity index (χ4v) is 3.53. The van der Waals surface area contributed by atoms with Crippen LogP contribution in [0.1, 0.15) is 18.1 Å². The molecular formula is C23H22N2O2S. The maximum absolute atomic E-state index is 12.6. The van der Waals surface area contributed by atoms with Crippen LogP contribution in [0.3, 0.4) is 0 Å². The summed E-state index contributed by atoms with van der Waals surface area (Å²) in [5.74, 6) is 0.614. The van der Waals surface area contributed by atoms with Crippen molar-refractivity contribution in [2.75, 3.05) is 7.11 Å². The quantitative estimate of drug-likeness (QED) is 0.360. The molecule has 0 saturated heterocycles. The van der Waals surface area contributed by atoms with Crippen LogP contribution in [-0.2, 0) is 4.79 Å². The highest BCUT2D eigenvalue weighted by atomic mass is 32.2. The Morgan fingerprint density at radius 2 is 1.54 bits per heavy atom. The van der Waals surface area contributed by atoms with E-state index in [4.69, 9.17) is 4.74 Å². The molecule has 4 nitrogen and oxygen atoms in total. The fraction of sp³-hybridized carbons (Fsp3) is 0.130. The Kier molecular flexibility index (Phi) is 6.87. The first-order valence-electron chi connectivity index (χ1n) is 8.96. The summed E-state index contributed by atoms with van der Waals surface area (Å²) in [5, 5.41) is 4.14. The van der Waals surface area contributed by atoms with Gasteiger partial charge in [0.1, 0.15) is 5.75 Å². The molecule has 5 heteroatoms. The van der Waals surface area contributed by atoms with Gasteiger partial charge < -0.3 is 4.74 Å². The van der Waals surface area contributed by atoms with Gasteiger partial charge in [-0.15, -0.1) is 11.8 Å². The normalized spacial score (nSPS) is 11.4. The molecule has 142 valence electrons. The summed E-state index contributed by atoms with van der Waals surface area (Å²) in [6.07, 6.45) is 0. The van der Waals surface area contributed by atoms with Crippen LogP contribution in [0.2, 0.25) is 0 Å². The van der Waals surface area contributed by atoms with Crippen LogP contribution in [-0.4, -0.2) is 24.0 Å². The maximum Gasteiger partial charge on any atom is 0.253 e. The standard InChI is InChI=1S/C23H22N2O2S/c1-17(28-21-15-9-14-20(16-21)27-2)23(26)25-24-22(18-10-5-3-6-11-18)19-12-7-4-8-13-19/h3-17H,1-2H3,(H,25,26)/t17-/m0/s1. The van der Waals surface area contributed by atoms with Gasteiger partial charge in [-0.1, -0.05) is 66.7 Å². The molecule has 1 amide bonds. The van der Waals surface area contributed by atoms with Gasteiger partial charge in [0.25, 0.3) is 5.91 Å². The number of rotatable bonds is 7. The van der Waals surface area contributed by atoms with E-state index >= 15 is 0 Å². The van der Waals surface area contributed by atoms with Gasteiger partial charge >= 0.3 is 0 Å². The third kappa shape index (κ3) is 5.24. The number of nitrogens with one attached hydrogen (secondary N) is 1. The van der Waals surface area contributed by atoms with Crippen LogP contribution in [0, 0.1) is 0 Å². The second-order valence-electron chi connectivity index (χ2n) is 6.11. The molecular weight excluding hydrogens is 368 g/mol. The molecule has 1 atom stereocenters. The van der Waals surface area contributed by atoms with Gasteiger partial charge in [-0.2, -0.15) is 5.10 Å². The molecule has 0 aromatic heterocycles. The molecule has 0 aliphatic carbocycles. The first kappa shape index (κ1) is 19.7. The predicted molar refractivity (Wildman–Crippen MR) is 115 cm³/mol. The predicted octanol–water partition coefficient (Wildman–Crippen LogP) is 4.74. The lowest BCUT2D eigenvalue weighted by atomic mass is 10.0. The van der Waals surface area contributed by atoms with E-state index in [1.807, 2.05) is 91.9 Å². The van der Waals surface area contributed by atoms with Crippen LogP contribution >= 0.6 is 11.8 Å². The number of amides is 1. The van der Waals surface area contributed by atoms with Crippen molar-refractivity contribution in [3.63, 3.8) is 0 Å². The number of carbonyl (C=O) groups is 1. The Morgan fingerprint density at radius 3 is 2.11 bits per heavy atom. The Balaban J connectivity index is 1.75. The zero-order valence-corrected chi connectivity index (χ0v) is 16.6. The number of thioether (sulfide) groups is 1. The highest BCUT2D eigenvalue weighted by Crippen LogP contribution is 2.26. The minimum atomic E-state index is -0.302. The minimum Gasteiger partial charge on any atom is -0.497 e. The van der Waals surface area contributed by atoms with Gasteiger partial charge in [0.2, 0.25) is 0 Å². The molecule has 0 saturated carbocycles. The summed E-state index contributed by atoms with van der Waals surface area (Å²) in [6.45, 7) is 1.86. The smallest absolute Gasteiger partial charge is 0.253 e. The number of ether oxygens (including phenoxy) is 1. The summed E-state index contributed by atoms with van der Waals surface area (Å²) in [6, 6.07) is 27.3. The van der Waals surface area contributed by atoms with E-state index in [0.717, 1.165) is 27.5 Å². The van der Waals surface area contributed by atoms with E-state index in [-0.39, 0.29) is 11.2 Å². The third-order valence-electron chi connectivity index (χ3n) is 4.10. The Hall–Kier alpha value is -3.05. The van der Waals surface area contributed by atoms with Crippen molar-refractivity contribution in [1.82, 2.24) is 5.43 Å². The van der Waals surface area contributed by atoms with Crippen molar-refractivity contribution in [3.8, 4) is 5.75 Å². The summed E-state index contributed by atoms with van der Waals surface area (Å²) in [4.78, 5) is 13.6. The zero-order valence-electron chi connectivity index (χ0n) is 15.8. The summed E-state index contributed by atoms with van der Waals surface area (Å²) >= 11 is 1.46. The number of methoxy groups -OCH3 is 1. The van der Waals surface area contributed by atoms with Crippen LogP contribution in [0.25, 0.3) is 0 Å². The second kappa shape index (κ2) is 9.76. The third-order valence-corrected chi connectivity index (χ3v) is 5.19. The molecule has 0 bridgehead atoms. The first-order chi connectivity index (χ1) is 13.7. The summed E-state index contributed by atoms with van der Waals surface area (Å²) < 4.78 is 5.24. The van der Waals surface area contributed by atoms with E-state index in [1.165, 1.54) is 11.8 Å². The number of hydrazone groups is 1. The van der Waals surface area contributed by atoms with Gasteiger partial charge in [-0.05, 0) is 25.1 Å². The minimum absolute atomic E-state index is 0.155. The molecule has 3 aromatic carbocycles. The van der Waals surface area contributed by atoms with E-state index < -0.39 is 0 Å². The van der Waals surface area contributed by atoms with Gasteiger partial charge in [-0.3, -0.25) is 4.79 Å². The van der Waals surface area contributed by atoms with Crippen LogP contribution in [0.15, 0.2) is 94.9 Å². The van der Waals surface area contributed by atoms with Crippen LogP contribution in [0.4, 0.5) is 0 Å². The molecule has 0 aliphatic rings. The van der Waals surface area contributed by atoms with Crippen molar-refractivity contribution in [1.29, 1.82) is 0 Å². The molecule has 1 N–H and O–H groups in total. The molecule has 3 aromatic rings. The van der Waals surface area contributed by atoms with Gasteiger partial charge in [0, 0.05) is 16.0 Å². The highest BCUT2D eigenvalue weighted by molar-refractivity contribution is 8.00. The largest absolute Gasteiger partial charge is 0.497 e. The lowest BCUT2D eigenvalue weighted by Gasteiger charge is -2.12. The number of nitrogens with zero attached hydrogens (tertiary/aromatic N) is 1. The number of hydrogen-bond donors (Lipinski definition) is 1. The van der Waals surface area contributed by atoms with E-state index in [0.29, 0.717) is 0 Å². The Bertz CT molecular complexity index is 902. The van der Waals surface area contributed by atoms with Crippen molar-refractivity contribution in [2.45, 2.75) is 17.1 Å². The Morgan fingerprint density at radius 1 is 0.929 bits per heavy atom. The van der Waals surface area contributed by atoms with Crippen molar-refractivity contribution in [2.24, 2.45) is 5.10 Å². The number of benzene rings is 3. The molecule has 28 heavy (non-hydrogen) atoms. The molecule has 0 spiro atoms.